The van der Waals surface area contributed by atoms with Crippen LogP contribution in [-0.2, 0) is 4.74 Å². The maximum absolute atomic E-state index is 11.8. The van der Waals surface area contributed by atoms with E-state index < -0.39 is 5.60 Å². The molecule has 1 amide bonds. The van der Waals surface area contributed by atoms with E-state index in [9.17, 15) is 4.79 Å². The van der Waals surface area contributed by atoms with E-state index in [0.29, 0.717) is 18.5 Å². The molecule has 0 saturated carbocycles. The number of hydrogen-bond donors (Lipinski definition) is 1. The van der Waals surface area contributed by atoms with Crippen LogP contribution in [0.15, 0.2) is 0 Å². The van der Waals surface area contributed by atoms with Gasteiger partial charge in [-0.2, -0.15) is 0 Å². The second-order valence-electron chi connectivity index (χ2n) is 5.58. The van der Waals surface area contributed by atoms with Crippen molar-refractivity contribution in [3.05, 3.63) is 0 Å². The minimum Gasteiger partial charge on any atom is -0.444 e. The molecule has 4 heteroatoms. The number of amides is 1. The smallest absolute Gasteiger partial charge is 0.410 e. The first-order chi connectivity index (χ1) is 7.35. The van der Waals surface area contributed by atoms with Crippen LogP contribution in [0.5, 0.6) is 0 Å². The van der Waals surface area contributed by atoms with Crippen LogP contribution in [0.25, 0.3) is 0 Å². The van der Waals surface area contributed by atoms with Gasteiger partial charge in [0.05, 0.1) is 0 Å². The number of hydrogen-bond acceptors (Lipinski definition) is 3. The Labute approximate surface area is 98.1 Å². The van der Waals surface area contributed by atoms with E-state index in [2.05, 4.69) is 6.92 Å². The monoisotopic (exact) mass is 228 g/mol. The normalized spacial score (nSPS) is 22.6. The molecule has 0 aromatic carbocycles. The van der Waals surface area contributed by atoms with Crippen LogP contribution in [0.4, 0.5) is 4.79 Å². The minimum atomic E-state index is -0.408. The zero-order valence-corrected chi connectivity index (χ0v) is 10.8. The number of nitrogens with zero attached hydrogens (tertiary/aromatic N) is 1. The third-order valence-corrected chi connectivity index (χ3v) is 2.97. The minimum absolute atomic E-state index is 0.187. The molecule has 1 heterocycles. The van der Waals surface area contributed by atoms with E-state index in [1.807, 2.05) is 25.7 Å². The van der Waals surface area contributed by atoms with E-state index in [1.54, 1.807) is 0 Å². The van der Waals surface area contributed by atoms with Crippen molar-refractivity contribution in [3.63, 3.8) is 0 Å². The van der Waals surface area contributed by atoms with Gasteiger partial charge in [0.15, 0.2) is 0 Å². The van der Waals surface area contributed by atoms with Crippen molar-refractivity contribution >= 4 is 6.09 Å². The van der Waals surface area contributed by atoms with Gasteiger partial charge in [-0.3, -0.25) is 0 Å². The Hall–Kier alpha value is -0.770. The fourth-order valence-corrected chi connectivity index (χ4v) is 2.00. The fraction of sp³-hybridized carbons (Fsp3) is 0.917. The third kappa shape index (κ3) is 3.37. The second kappa shape index (κ2) is 5.04. The molecule has 4 nitrogen and oxygen atoms in total. The standard InChI is InChI=1S/C12H24N2O2/c1-9(5-7-13)10-6-8-14(10)11(15)16-12(2,3)4/h9-10H,5-8,13H2,1-4H3. The Balaban J connectivity index is 2.46. The number of nitrogens with two attached hydrogens (primary N) is 1. The zero-order valence-electron chi connectivity index (χ0n) is 10.8. The number of rotatable bonds is 3. The summed E-state index contributed by atoms with van der Waals surface area (Å²) in [5, 5.41) is 0. The molecule has 1 rings (SSSR count). The molecule has 0 aromatic rings. The predicted octanol–water partition coefficient (Wildman–Crippen LogP) is 1.98. The summed E-state index contributed by atoms with van der Waals surface area (Å²) in [6.07, 6.45) is 1.84. The summed E-state index contributed by atoms with van der Waals surface area (Å²) in [4.78, 5) is 13.7. The number of ether oxygens (including phenoxy) is 1. The van der Waals surface area contributed by atoms with Gasteiger partial charge in [0, 0.05) is 12.6 Å². The van der Waals surface area contributed by atoms with Crippen molar-refractivity contribution in [3.8, 4) is 0 Å². The summed E-state index contributed by atoms with van der Waals surface area (Å²) in [5.41, 5.74) is 5.13. The number of carbonyl (C=O) groups excluding carboxylic acids is 1. The van der Waals surface area contributed by atoms with Gasteiger partial charge in [-0.15, -0.1) is 0 Å². The first kappa shape index (κ1) is 13.3. The van der Waals surface area contributed by atoms with Crippen LogP contribution in [0, 0.1) is 5.92 Å². The molecule has 1 aliphatic heterocycles. The molecule has 2 atom stereocenters. The molecule has 1 aliphatic rings. The lowest BCUT2D eigenvalue weighted by molar-refractivity contribution is -0.0166. The highest BCUT2D eigenvalue weighted by Crippen LogP contribution is 2.28. The first-order valence-corrected chi connectivity index (χ1v) is 6.05. The second-order valence-corrected chi connectivity index (χ2v) is 5.58. The third-order valence-electron chi connectivity index (χ3n) is 2.97. The van der Waals surface area contributed by atoms with Crippen LogP contribution >= 0.6 is 0 Å². The Morgan fingerprint density at radius 2 is 2.19 bits per heavy atom. The van der Waals surface area contributed by atoms with Crippen molar-refractivity contribution in [1.82, 2.24) is 4.90 Å². The first-order valence-electron chi connectivity index (χ1n) is 6.05. The van der Waals surface area contributed by atoms with E-state index in [4.69, 9.17) is 10.5 Å². The predicted molar refractivity (Wildman–Crippen MR) is 64.2 cm³/mol. The Bertz CT molecular complexity index is 248. The fourth-order valence-electron chi connectivity index (χ4n) is 2.00. The molecule has 0 radical (unpaired) electrons. The molecule has 0 aliphatic carbocycles. The lowest BCUT2D eigenvalue weighted by Crippen LogP contribution is -2.55. The summed E-state index contributed by atoms with van der Waals surface area (Å²) < 4.78 is 5.36. The van der Waals surface area contributed by atoms with Gasteiger partial charge in [-0.05, 0) is 46.1 Å². The highest BCUT2D eigenvalue weighted by Gasteiger charge is 2.37. The molecule has 0 bridgehead atoms. The Morgan fingerprint density at radius 1 is 1.56 bits per heavy atom. The van der Waals surface area contributed by atoms with Crippen molar-refractivity contribution in [2.75, 3.05) is 13.1 Å². The number of carbonyl (C=O) groups is 1. The molecule has 1 saturated heterocycles. The summed E-state index contributed by atoms with van der Waals surface area (Å²) >= 11 is 0. The SMILES string of the molecule is CC(CCN)C1CCN1C(=O)OC(C)(C)C. The zero-order chi connectivity index (χ0) is 12.3. The van der Waals surface area contributed by atoms with Crippen molar-refractivity contribution in [2.45, 2.75) is 52.2 Å². The van der Waals surface area contributed by atoms with Crippen LogP contribution in [-0.4, -0.2) is 35.7 Å². The lowest BCUT2D eigenvalue weighted by Gasteiger charge is -2.44. The molecule has 16 heavy (non-hydrogen) atoms. The van der Waals surface area contributed by atoms with E-state index >= 15 is 0 Å². The molecular weight excluding hydrogens is 204 g/mol. The van der Waals surface area contributed by atoms with Crippen LogP contribution in [0.2, 0.25) is 0 Å². The highest BCUT2D eigenvalue weighted by atomic mass is 16.6. The summed E-state index contributed by atoms with van der Waals surface area (Å²) in [6.45, 7) is 9.32. The van der Waals surface area contributed by atoms with Gasteiger partial charge in [0.2, 0.25) is 0 Å². The lowest BCUT2D eigenvalue weighted by atomic mass is 9.88. The molecule has 94 valence electrons. The average molecular weight is 228 g/mol. The molecule has 1 fully saturated rings. The van der Waals surface area contributed by atoms with Crippen LogP contribution in [0.3, 0.4) is 0 Å². The van der Waals surface area contributed by atoms with E-state index in [1.165, 1.54) is 0 Å². The van der Waals surface area contributed by atoms with Gasteiger partial charge in [-0.25, -0.2) is 4.79 Å². The van der Waals surface area contributed by atoms with E-state index in [0.717, 1.165) is 19.4 Å². The quantitative estimate of drug-likeness (QED) is 0.803. The molecule has 0 aromatic heterocycles. The van der Waals surface area contributed by atoms with E-state index in [-0.39, 0.29) is 6.09 Å². The largest absolute Gasteiger partial charge is 0.444 e. The van der Waals surface area contributed by atoms with Crippen LogP contribution in [0.1, 0.15) is 40.5 Å². The van der Waals surface area contributed by atoms with Gasteiger partial charge < -0.3 is 15.4 Å². The Kier molecular flexibility index (Phi) is 4.19. The topological polar surface area (TPSA) is 55.6 Å². The summed E-state index contributed by atoms with van der Waals surface area (Å²) in [6, 6.07) is 0.318. The van der Waals surface area contributed by atoms with Gasteiger partial charge in [-0.1, -0.05) is 6.92 Å². The molecule has 0 spiro atoms. The van der Waals surface area contributed by atoms with Gasteiger partial charge in [0.25, 0.3) is 0 Å². The number of likely N-dealkylation sites (tertiary alicyclic amines) is 1. The maximum atomic E-state index is 11.8. The average Bonchev–Trinajstić information content (AvgIpc) is 1.97. The summed E-state index contributed by atoms with van der Waals surface area (Å²) in [7, 11) is 0. The van der Waals surface area contributed by atoms with Gasteiger partial charge in [0.1, 0.15) is 5.60 Å². The Morgan fingerprint density at radius 3 is 2.56 bits per heavy atom. The van der Waals surface area contributed by atoms with Crippen molar-refractivity contribution in [2.24, 2.45) is 11.7 Å². The van der Waals surface area contributed by atoms with Crippen molar-refractivity contribution < 1.29 is 9.53 Å². The van der Waals surface area contributed by atoms with Crippen molar-refractivity contribution in [1.29, 1.82) is 0 Å². The molecule has 2 unspecified atom stereocenters. The molecular formula is C12H24N2O2. The van der Waals surface area contributed by atoms with Crippen LogP contribution < -0.4 is 5.73 Å². The van der Waals surface area contributed by atoms with Gasteiger partial charge >= 0.3 is 6.09 Å². The summed E-state index contributed by atoms with van der Waals surface area (Å²) in [5.74, 6) is 0.464. The molecule has 2 N–H and O–H groups in total. The maximum Gasteiger partial charge on any atom is 0.410 e. The highest BCUT2D eigenvalue weighted by molar-refractivity contribution is 5.69.